The molecule has 0 amide bonds. The summed E-state index contributed by atoms with van der Waals surface area (Å²) in [6.45, 7) is 5.15. The Balaban J connectivity index is 1.75. The largest absolute Gasteiger partial charge is 0.488 e. The van der Waals surface area contributed by atoms with Crippen LogP contribution in [0.2, 0.25) is 0 Å². The van der Waals surface area contributed by atoms with Crippen molar-refractivity contribution in [3.8, 4) is 11.6 Å². The summed E-state index contributed by atoms with van der Waals surface area (Å²) in [6.07, 6.45) is 0.877. The van der Waals surface area contributed by atoms with Gasteiger partial charge in [0.2, 0.25) is 5.88 Å². The summed E-state index contributed by atoms with van der Waals surface area (Å²) in [5, 5.41) is 0. The fourth-order valence-electron chi connectivity index (χ4n) is 2.74. The monoisotopic (exact) mass is 333 g/mol. The van der Waals surface area contributed by atoms with Gasteiger partial charge < -0.3 is 9.47 Å². The van der Waals surface area contributed by atoms with Crippen molar-refractivity contribution in [3.63, 3.8) is 0 Å². The maximum atomic E-state index is 6.07. The standard InChI is InChI=1S/C22H23NO2/c1-3-20-17(2)23-22(25-16-19-12-8-5-9-13-19)14-21(20)24-15-18-10-6-4-7-11-18/h4-14H,3,15-16H2,1-2H3. The molecule has 0 unspecified atom stereocenters. The number of rotatable bonds is 7. The Hall–Kier alpha value is -2.81. The van der Waals surface area contributed by atoms with E-state index in [1.54, 1.807) is 0 Å². The van der Waals surface area contributed by atoms with Gasteiger partial charge in [-0.2, -0.15) is 0 Å². The topological polar surface area (TPSA) is 31.4 Å². The summed E-state index contributed by atoms with van der Waals surface area (Å²) in [5.41, 5.74) is 4.35. The minimum Gasteiger partial charge on any atom is -0.488 e. The third-order valence-electron chi connectivity index (χ3n) is 4.09. The van der Waals surface area contributed by atoms with Crippen LogP contribution in [0.3, 0.4) is 0 Å². The number of hydrogen-bond donors (Lipinski definition) is 0. The molecule has 0 spiro atoms. The molecule has 0 radical (unpaired) electrons. The zero-order chi connectivity index (χ0) is 17.5. The van der Waals surface area contributed by atoms with Gasteiger partial charge >= 0.3 is 0 Å². The fourth-order valence-corrected chi connectivity index (χ4v) is 2.74. The third-order valence-corrected chi connectivity index (χ3v) is 4.09. The first-order valence-corrected chi connectivity index (χ1v) is 8.60. The Morgan fingerprint density at radius 1 is 0.800 bits per heavy atom. The summed E-state index contributed by atoms with van der Waals surface area (Å²) in [5.74, 6) is 1.45. The molecule has 1 aromatic heterocycles. The van der Waals surface area contributed by atoms with Crippen molar-refractivity contribution in [3.05, 3.63) is 89.1 Å². The highest BCUT2D eigenvalue weighted by Gasteiger charge is 2.11. The van der Waals surface area contributed by atoms with E-state index in [2.05, 4.69) is 24.0 Å². The number of ether oxygens (including phenoxy) is 2. The van der Waals surface area contributed by atoms with E-state index in [-0.39, 0.29) is 0 Å². The smallest absolute Gasteiger partial charge is 0.217 e. The van der Waals surface area contributed by atoms with E-state index in [0.717, 1.165) is 34.6 Å². The van der Waals surface area contributed by atoms with Gasteiger partial charge in [0.1, 0.15) is 19.0 Å². The van der Waals surface area contributed by atoms with Crippen molar-refractivity contribution in [1.82, 2.24) is 4.98 Å². The molecular weight excluding hydrogens is 310 g/mol. The summed E-state index contributed by atoms with van der Waals surface area (Å²) in [7, 11) is 0. The van der Waals surface area contributed by atoms with Crippen LogP contribution in [0.15, 0.2) is 66.7 Å². The van der Waals surface area contributed by atoms with Gasteiger partial charge in [-0.15, -0.1) is 0 Å². The van der Waals surface area contributed by atoms with E-state index in [0.29, 0.717) is 19.1 Å². The van der Waals surface area contributed by atoms with Gasteiger partial charge in [-0.3, -0.25) is 0 Å². The molecule has 0 fully saturated rings. The molecule has 128 valence electrons. The number of aryl methyl sites for hydroxylation is 1. The zero-order valence-corrected chi connectivity index (χ0v) is 14.7. The van der Waals surface area contributed by atoms with Crippen LogP contribution in [-0.2, 0) is 19.6 Å². The predicted octanol–water partition coefficient (Wildman–Crippen LogP) is 5.11. The lowest BCUT2D eigenvalue weighted by molar-refractivity contribution is 0.278. The Morgan fingerprint density at radius 2 is 1.36 bits per heavy atom. The van der Waals surface area contributed by atoms with Gasteiger partial charge in [0.25, 0.3) is 0 Å². The molecular formula is C22H23NO2. The minimum atomic E-state index is 0.497. The fraction of sp³-hybridized carbons (Fsp3) is 0.227. The Kier molecular flexibility index (Phi) is 5.68. The highest BCUT2D eigenvalue weighted by Crippen LogP contribution is 2.27. The normalized spacial score (nSPS) is 10.5. The first-order valence-electron chi connectivity index (χ1n) is 8.60. The highest BCUT2D eigenvalue weighted by molar-refractivity contribution is 5.40. The molecule has 1 heterocycles. The van der Waals surface area contributed by atoms with Crippen molar-refractivity contribution in [2.24, 2.45) is 0 Å². The van der Waals surface area contributed by atoms with E-state index in [9.17, 15) is 0 Å². The van der Waals surface area contributed by atoms with Crippen molar-refractivity contribution >= 4 is 0 Å². The molecule has 0 saturated carbocycles. The molecule has 3 rings (SSSR count). The first kappa shape index (κ1) is 17.0. The number of hydrogen-bond acceptors (Lipinski definition) is 3. The van der Waals surface area contributed by atoms with Crippen LogP contribution in [0.25, 0.3) is 0 Å². The average Bonchev–Trinajstić information content (AvgIpc) is 2.66. The first-order chi connectivity index (χ1) is 12.3. The van der Waals surface area contributed by atoms with Gasteiger partial charge in [-0.05, 0) is 24.5 Å². The molecule has 0 aliphatic heterocycles. The van der Waals surface area contributed by atoms with Crippen molar-refractivity contribution < 1.29 is 9.47 Å². The summed E-state index contributed by atoms with van der Waals surface area (Å²) >= 11 is 0. The van der Waals surface area contributed by atoms with E-state index >= 15 is 0 Å². The van der Waals surface area contributed by atoms with Crippen LogP contribution in [0.5, 0.6) is 11.6 Å². The number of aromatic nitrogens is 1. The van der Waals surface area contributed by atoms with Crippen LogP contribution >= 0.6 is 0 Å². The van der Waals surface area contributed by atoms with Gasteiger partial charge in [-0.1, -0.05) is 67.6 Å². The van der Waals surface area contributed by atoms with Gasteiger partial charge in [-0.25, -0.2) is 4.98 Å². The summed E-state index contributed by atoms with van der Waals surface area (Å²) in [4.78, 5) is 4.57. The van der Waals surface area contributed by atoms with Crippen molar-refractivity contribution in [1.29, 1.82) is 0 Å². The highest BCUT2D eigenvalue weighted by atomic mass is 16.5. The maximum absolute atomic E-state index is 6.07. The van der Waals surface area contributed by atoms with Gasteiger partial charge in [0.15, 0.2) is 0 Å². The van der Waals surface area contributed by atoms with Crippen LogP contribution in [-0.4, -0.2) is 4.98 Å². The van der Waals surface area contributed by atoms with Crippen LogP contribution < -0.4 is 9.47 Å². The van der Waals surface area contributed by atoms with E-state index in [1.807, 2.05) is 61.5 Å². The van der Waals surface area contributed by atoms with E-state index in [1.165, 1.54) is 0 Å². The Bertz CT molecular complexity index is 801. The number of nitrogens with zero attached hydrogens (tertiary/aromatic N) is 1. The molecule has 0 bridgehead atoms. The molecule has 3 aromatic rings. The van der Waals surface area contributed by atoms with Gasteiger partial charge in [0.05, 0.1) is 0 Å². The predicted molar refractivity (Wildman–Crippen MR) is 99.9 cm³/mol. The Morgan fingerprint density at radius 3 is 1.92 bits per heavy atom. The molecule has 3 nitrogen and oxygen atoms in total. The Labute approximate surface area is 149 Å². The molecule has 0 atom stereocenters. The molecule has 0 aliphatic carbocycles. The molecule has 25 heavy (non-hydrogen) atoms. The van der Waals surface area contributed by atoms with Gasteiger partial charge in [0, 0.05) is 17.3 Å². The second kappa shape index (κ2) is 8.34. The molecule has 3 heteroatoms. The molecule has 2 aromatic carbocycles. The second-order valence-electron chi connectivity index (χ2n) is 5.92. The minimum absolute atomic E-state index is 0.497. The lowest BCUT2D eigenvalue weighted by atomic mass is 10.1. The quantitative estimate of drug-likeness (QED) is 0.602. The van der Waals surface area contributed by atoms with Crippen molar-refractivity contribution in [2.75, 3.05) is 0 Å². The average molecular weight is 333 g/mol. The molecule has 0 aliphatic rings. The third kappa shape index (κ3) is 4.60. The summed E-state index contributed by atoms with van der Waals surface area (Å²) < 4.78 is 11.9. The molecule has 0 saturated heterocycles. The van der Waals surface area contributed by atoms with E-state index < -0.39 is 0 Å². The van der Waals surface area contributed by atoms with Crippen LogP contribution in [0, 0.1) is 6.92 Å². The van der Waals surface area contributed by atoms with Crippen LogP contribution in [0.1, 0.15) is 29.3 Å². The molecule has 0 N–H and O–H groups in total. The zero-order valence-electron chi connectivity index (χ0n) is 14.7. The van der Waals surface area contributed by atoms with Crippen LogP contribution in [0.4, 0.5) is 0 Å². The van der Waals surface area contributed by atoms with Crippen molar-refractivity contribution in [2.45, 2.75) is 33.5 Å². The number of benzene rings is 2. The SMILES string of the molecule is CCc1c(OCc2ccccc2)cc(OCc2ccccc2)nc1C. The second-order valence-corrected chi connectivity index (χ2v) is 5.92. The summed E-state index contributed by atoms with van der Waals surface area (Å²) in [6, 6.07) is 22.2. The lowest BCUT2D eigenvalue weighted by Gasteiger charge is -2.15. The lowest BCUT2D eigenvalue weighted by Crippen LogP contribution is -2.04. The maximum Gasteiger partial charge on any atom is 0.217 e. The van der Waals surface area contributed by atoms with E-state index in [4.69, 9.17) is 9.47 Å². The number of pyridine rings is 1.